The molecule has 2 aliphatic rings. The molecule has 1 fully saturated rings. The molecule has 3 heterocycles. The lowest BCUT2D eigenvalue weighted by Crippen LogP contribution is -2.37. The van der Waals surface area contributed by atoms with E-state index in [2.05, 4.69) is 15.1 Å². The summed E-state index contributed by atoms with van der Waals surface area (Å²) in [5.74, 6) is 0. The molecule has 0 saturated carbocycles. The second-order valence-corrected chi connectivity index (χ2v) is 6.61. The first-order valence-corrected chi connectivity index (χ1v) is 8.41. The minimum atomic E-state index is -0.783. The van der Waals surface area contributed by atoms with Gasteiger partial charge in [-0.15, -0.1) is 0 Å². The van der Waals surface area contributed by atoms with Crippen molar-refractivity contribution >= 4 is 22.6 Å². The van der Waals surface area contributed by atoms with Crippen molar-refractivity contribution in [3.05, 3.63) is 41.1 Å². The van der Waals surface area contributed by atoms with Crippen molar-refractivity contribution in [3.63, 3.8) is 0 Å². The molecule has 2 aromatic heterocycles. The van der Waals surface area contributed by atoms with Crippen LogP contribution in [0.5, 0.6) is 0 Å². The van der Waals surface area contributed by atoms with Crippen LogP contribution in [-0.4, -0.2) is 26.4 Å². The molecule has 1 aliphatic carbocycles. The molecule has 1 saturated heterocycles. The average Bonchev–Trinajstić information content (AvgIpc) is 3.01. The zero-order valence-electron chi connectivity index (χ0n) is 13.2. The van der Waals surface area contributed by atoms with Gasteiger partial charge < -0.3 is 16.2 Å². The molecule has 4 rings (SSSR count). The van der Waals surface area contributed by atoms with Crippen LogP contribution < -0.4 is 11.5 Å². The summed E-state index contributed by atoms with van der Waals surface area (Å²) in [4.78, 5) is 8.76. The Balaban J connectivity index is 1.83. The van der Waals surface area contributed by atoms with Crippen LogP contribution in [0.2, 0.25) is 5.28 Å². The van der Waals surface area contributed by atoms with Crippen molar-refractivity contribution in [1.82, 2.24) is 19.7 Å². The minimum absolute atomic E-state index is 0.124. The van der Waals surface area contributed by atoms with Crippen LogP contribution in [0.4, 0.5) is 0 Å². The standard InChI is InChI=1S/C16H19ClN6O/c17-15-21-13(16(19)6-4-10(18)5-7-16)11-9-20-23(14(11)22-15)12-3-1-2-8-24-12/h4-6,9,12H,1-3,7-8,18-19H2. The first-order valence-electron chi connectivity index (χ1n) is 8.03. The molecular weight excluding hydrogens is 328 g/mol. The highest BCUT2D eigenvalue weighted by atomic mass is 35.5. The van der Waals surface area contributed by atoms with E-state index >= 15 is 0 Å². The quantitative estimate of drug-likeness (QED) is 0.807. The number of allylic oxidation sites excluding steroid dienone is 1. The van der Waals surface area contributed by atoms with Gasteiger partial charge in [0.25, 0.3) is 0 Å². The van der Waals surface area contributed by atoms with E-state index < -0.39 is 5.54 Å². The first kappa shape index (κ1) is 15.6. The second-order valence-electron chi connectivity index (χ2n) is 6.27. The van der Waals surface area contributed by atoms with Gasteiger partial charge in [-0.25, -0.2) is 9.67 Å². The number of aromatic nitrogens is 4. The SMILES string of the molecule is NC1=CCC(N)(c2nc(Cl)nc3c2cnn3C2CCCCO2)C=C1. The van der Waals surface area contributed by atoms with Crippen molar-refractivity contribution in [2.75, 3.05) is 6.61 Å². The number of rotatable bonds is 2. The van der Waals surface area contributed by atoms with Gasteiger partial charge in [0.15, 0.2) is 11.9 Å². The summed E-state index contributed by atoms with van der Waals surface area (Å²) in [5.41, 5.74) is 13.6. The van der Waals surface area contributed by atoms with Gasteiger partial charge in [0, 0.05) is 12.3 Å². The third-order valence-electron chi connectivity index (χ3n) is 4.54. The summed E-state index contributed by atoms with van der Waals surface area (Å²) in [6.07, 6.45) is 10.8. The molecule has 2 unspecified atom stereocenters. The maximum atomic E-state index is 6.56. The summed E-state index contributed by atoms with van der Waals surface area (Å²) >= 11 is 6.18. The lowest BCUT2D eigenvalue weighted by Gasteiger charge is -2.27. The number of nitrogens with two attached hydrogens (primary N) is 2. The van der Waals surface area contributed by atoms with E-state index in [1.807, 2.05) is 12.2 Å². The van der Waals surface area contributed by atoms with Gasteiger partial charge in [-0.2, -0.15) is 10.1 Å². The average molecular weight is 347 g/mol. The molecule has 7 nitrogen and oxygen atoms in total. The van der Waals surface area contributed by atoms with Gasteiger partial charge in [-0.3, -0.25) is 0 Å². The molecule has 24 heavy (non-hydrogen) atoms. The summed E-state index contributed by atoms with van der Waals surface area (Å²) in [5, 5.41) is 5.41. The van der Waals surface area contributed by atoms with Crippen LogP contribution in [0, 0.1) is 0 Å². The fourth-order valence-corrected chi connectivity index (χ4v) is 3.39. The fraction of sp³-hybridized carbons (Fsp3) is 0.438. The fourth-order valence-electron chi connectivity index (χ4n) is 3.22. The number of halogens is 1. The topological polar surface area (TPSA) is 105 Å². The van der Waals surface area contributed by atoms with Crippen molar-refractivity contribution in [3.8, 4) is 0 Å². The van der Waals surface area contributed by atoms with E-state index in [1.54, 1.807) is 17.0 Å². The Labute approximate surface area is 144 Å². The molecule has 2 aromatic rings. The third kappa shape index (κ3) is 2.58. The van der Waals surface area contributed by atoms with E-state index in [-0.39, 0.29) is 11.5 Å². The lowest BCUT2D eigenvalue weighted by atomic mass is 9.86. The summed E-state index contributed by atoms with van der Waals surface area (Å²) in [7, 11) is 0. The van der Waals surface area contributed by atoms with Gasteiger partial charge in [0.2, 0.25) is 5.28 Å². The van der Waals surface area contributed by atoms with Crippen molar-refractivity contribution in [2.45, 2.75) is 37.5 Å². The molecule has 0 bridgehead atoms. The van der Waals surface area contributed by atoms with Gasteiger partial charge >= 0.3 is 0 Å². The Morgan fingerprint density at radius 3 is 2.92 bits per heavy atom. The van der Waals surface area contributed by atoms with Crippen LogP contribution in [0.1, 0.15) is 37.6 Å². The molecule has 8 heteroatoms. The van der Waals surface area contributed by atoms with E-state index in [0.717, 1.165) is 31.3 Å². The van der Waals surface area contributed by atoms with Crippen molar-refractivity contribution < 1.29 is 4.74 Å². The minimum Gasteiger partial charge on any atom is -0.399 e. The Morgan fingerprint density at radius 2 is 2.21 bits per heavy atom. The van der Waals surface area contributed by atoms with Crippen LogP contribution in [-0.2, 0) is 10.3 Å². The van der Waals surface area contributed by atoms with Gasteiger partial charge in [-0.05, 0) is 43.4 Å². The van der Waals surface area contributed by atoms with Crippen LogP contribution >= 0.6 is 11.6 Å². The normalized spacial score (nSPS) is 27.4. The largest absolute Gasteiger partial charge is 0.399 e. The summed E-state index contributed by atoms with van der Waals surface area (Å²) in [6.45, 7) is 0.728. The van der Waals surface area contributed by atoms with Gasteiger partial charge in [0.1, 0.15) is 0 Å². The van der Waals surface area contributed by atoms with E-state index in [9.17, 15) is 0 Å². The highest BCUT2D eigenvalue weighted by Gasteiger charge is 2.32. The highest BCUT2D eigenvalue weighted by molar-refractivity contribution is 6.28. The molecular formula is C16H19ClN6O. The highest BCUT2D eigenvalue weighted by Crippen LogP contribution is 2.34. The maximum absolute atomic E-state index is 6.56. The summed E-state index contributed by atoms with van der Waals surface area (Å²) in [6, 6.07) is 0. The van der Waals surface area contributed by atoms with Gasteiger partial charge in [0.05, 0.1) is 22.8 Å². The Bertz CT molecular complexity index is 838. The Kier molecular flexibility index (Phi) is 3.79. The van der Waals surface area contributed by atoms with E-state index in [4.69, 9.17) is 27.8 Å². The van der Waals surface area contributed by atoms with Crippen molar-refractivity contribution in [2.24, 2.45) is 11.5 Å². The number of hydrogen-bond donors (Lipinski definition) is 2. The predicted octanol–water partition coefficient (Wildman–Crippen LogP) is 2.14. The smallest absolute Gasteiger partial charge is 0.224 e. The summed E-state index contributed by atoms with van der Waals surface area (Å²) < 4.78 is 7.60. The third-order valence-corrected chi connectivity index (χ3v) is 4.71. The van der Waals surface area contributed by atoms with Crippen LogP contribution in [0.15, 0.2) is 30.1 Å². The monoisotopic (exact) mass is 346 g/mol. The van der Waals surface area contributed by atoms with E-state index in [1.165, 1.54) is 0 Å². The van der Waals surface area contributed by atoms with E-state index in [0.29, 0.717) is 23.5 Å². The van der Waals surface area contributed by atoms with Gasteiger partial charge in [-0.1, -0.05) is 12.2 Å². The molecule has 0 aromatic carbocycles. The molecule has 126 valence electrons. The maximum Gasteiger partial charge on any atom is 0.224 e. The molecule has 0 spiro atoms. The molecule has 2 atom stereocenters. The number of nitrogens with zero attached hydrogens (tertiary/aromatic N) is 4. The van der Waals surface area contributed by atoms with Crippen molar-refractivity contribution in [1.29, 1.82) is 0 Å². The van der Waals surface area contributed by atoms with Crippen LogP contribution in [0.3, 0.4) is 0 Å². The second kappa shape index (κ2) is 5.84. The molecule has 4 N–H and O–H groups in total. The Morgan fingerprint density at radius 1 is 1.33 bits per heavy atom. The number of hydrogen-bond acceptors (Lipinski definition) is 6. The zero-order chi connectivity index (χ0) is 16.7. The molecule has 0 amide bonds. The number of fused-ring (bicyclic) bond motifs is 1. The molecule has 1 aliphatic heterocycles. The Hall–Kier alpha value is -1.96. The predicted molar refractivity (Wildman–Crippen MR) is 91.1 cm³/mol. The first-order chi connectivity index (χ1) is 11.6. The molecule has 0 radical (unpaired) electrons. The zero-order valence-corrected chi connectivity index (χ0v) is 13.9. The van der Waals surface area contributed by atoms with Crippen LogP contribution in [0.25, 0.3) is 11.0 Å². The lowest BCUT2D eigenvalue weighted by molar-refractivity contribution is -0.0370. The number of ether oxygens (including phenoxy) is 1.